The number of nitrogens with zero attached hydrogens (tertiary/aromatic N) is 1. The normalized spacial score (nSPS) is 11.3. The zero-order valence-electron chi connectivity index (χ0n) is 13.5. The smallest absolute Gasteiger partial charge is 0.240 e. The molecular formula is C17H19FN2O3S. The standard InChI is InChI=1S/C17H19FN2O3S/c1-13-5-3-4-6-17(13)24(22,23)19-11-12-20(14(2)21)16-9-7-15(18)8-10-16/h3-10,19H,11-12H2,1-2H3. The first-order valence-corrected chi connectivity index (χ1v) is 8.88. The number of carbonyl (C=O) groups excluding carboxylic acids is 1. The van der Waals surface area contributed by atoms with E-state index in [1.165, 1.54) is 42.2 Å². The van der Waals surface area contributed by atoms with Gasteiger partial charge in [-0.05, 0) is 42.8 Å². The number of benzene rings is 2. The number of anilines is 1. The third-order valence-corrected chi connectivity index (χ3v) is 5.15. The molecule has 0 spiro atoms. The molecule has 0 fully saturated rings. The molecule has 5 nitrogen and oxygen atoms in total. The second-order valence-electron chi connectivity index (χ2n) is 5.31. The summed E-state index contributed by atoms with van der Waals surface area (Å²) in [6.45, 7) is 3.29. The topological polar surface area (TPSA) is 66.5 Å². The third-order valence-electron chi connectivity index (χ3n) is 3.53. The van der Waals surface area contributed by atoms with Gasteiger partial charge >= 0.3 is 0 Å². The summed E-state index contributed by atoms with van der Waals surface area (Å²) in [7, 11) is -3.65. The summed E-state index contributed by atoms with van der Waals surface area (Å²) >= 11 is 0. The lowest BCUT2D eigenvalue weighted by atomic mass is 10.2. The highest BCUT2D eigenvalue weighted by Gasteiger charge is 2.17. The fraction of sp³-hybridized carbons (Fsp3) is 0.235. The Morgan fingerprint density at radius 1 is 1.12 bits per heavy atom. The van der Waals surface area contributed by atoms with Crippen molar-refractivity contribution in [1.82, 2.24) is 4.72 Å². The molecular weight excluding hydrogens is 331 g/mol. The van der Waals surface area contributed by atoms with Gasteiger partial charge in [-0.3, -0.25) is 4.79 Å². The first-order chi connectivity index (χ1) is 11.3. The predicted molar refractivity (Wildman–Crippen MR) is 90.8 cm³/mol. The van der Waals surface area contributed by atoms with Crippen molar-refractivity contribution >= 4 is 21.6 Å². The van der Waals surface area contributed by atoms with Crippen molar-refractivity contribution in [3.8, 4) is 0 Å². The van der Waals surface area contributed by atoms with Crippen LogP contribution in [0.25, 0.3) is 0 Å². The lowest BCUT2D eigenvalue weighted by Gasteiger charge is -2.21. The van der Waals surface area contributed by atoms with E-state index in [9.17, 15) is 17.6 Å². The molecule has 0 aliphatic heterocycles. The van der Waals surface area contributed by atoms with Crippen LogP contribution in [0.3, 0.4) is 0 Å². The maximum atomic E-state index is 13.0. The van der Waals surface area contributed by atoms with Gasteiger partial charge < -0.3 is 4.90 Å². The monoisotopic (exact) mass is 350 g/mol. The molecule has 24 heavy (non-hydrogen) atoms. The molecule has 0 atom stereocenters. The summed E-state index contributed by atoms with van der Waals surface area (Å²) in [5, 5.41) is 0. The quantitative estimate of drug-likeness (QED) is 0.870. The molecule has 0 radical (unpaired) electrons. The molecule has 1 amide bonds. The Balaban J connectivity index is 2.07. The van der Waals surface area contributed by atoms with Crippen LogP contribution in [0.4, 0.5) is 10.1 Å². The van der Waals surface area contributed by atoms with E-state index in [2.05, 4.69) is 4.72 Å². The molecule has 0 bridgehead atoms. The maximum Gasteiger partial charge on any atom is 0.240 e. The van der Waals surface area contributed by atoms with Crippen LogP contribution in [-0.4, -0.2) is 27.4 Å². The van der Waals surface area contributed by atoms with Gasteiger partial charge in [-0.2, -0.15) is 0 Å². The number of rotatable bonds is 6. The fourth-order valence-corrected chi connectivity index (χ4v) is 3.58. The minimum atomic E-state index is -3.65. The van der Waals surface area contributed by atoms with Crippen LogP contribution in [0.15, 0.2) is 53.4 Å². The van der Waals surface area contributed by atoms with E-state index in [0.29, 0.717) is 11.3 Å². The number of sulfonamides is 1. The Morgan fingerprint density at radius 3 is 2.33 bits per heavy atom. The molecule has 0 unspecified atom stereocenters. The van der Waals surface area contributed by atoms with Gasteiger partial charge in [-0.25, -0.2) is 17.5 Å². The van der Waals surface area contributed by atoms with Crippen molar-refractivity contribution in [3.05, 3.63) is 59.9 Å². The molecule has 2 aromatic carbocycles. The van der Waals surface area contributed by atoms with Crippen molar-refractivity contribution < 1.29 is 17.6 Å². The van der Waals surface area contributed by atoms with Crippen LogP contribution >= 0.6 is 0 Å². The number of halogens is 1. The Labute approximate surface area is 141 Å². The van der Waals surface area contributed by atoms with E-state index < -0.39 is 15.8 Å². The van der Waals surface area contributed by atoms with Gasteiger partial charge in [0.15, 0.2) is 0 Å². The van der Waals surface area contributed by atoms with E-state index in [0.717, 1.165) is 0 Å². The zero-order valence-corrected chi connectivity index (χ0v) is 14.3. The van der Waals surface area contributed by atoms with E-state index in [-0.39, 0.29) is 23.9 Å². The van der Waals surface area contributed by atoms with Gasteiger partial charge in [-0.1, -0.05) is 18.2 Å². The summed E-state index contributed by atoms with van der Waals surface area (Å²) < 4.78 is 40.1. The van der Waals surface area contributed by atoms with Gasteiger partial charge in [0.1, 0.15) is 5.82 Å². The largest absolute Gasteiger partial charge is 0.311 e. The van der Waals surface area contributed by atoms with Crippen molar-refractivity contribution in [2.45, 2.75) is 18.7 Å². The van der Waals surface area contributed by atoms with Crippen LogP contribution in [-0.2, 0) is 14.8 Å². The highest BCUT2D eigenvalue weighted by Crippen LogP contribution is 2.16. The van der Waals surface area contributed by atoms with Crippen LogP contribution in [0, 0.1) is 12.7 Å². The van der Waals surface area contributed by atoms with Crippen molar-refractivity contribution in [2.75, 3.05) is 18.0 Å². The molecule has 0 saturated carbocycles. The number of carbonyl (C=O) groups is 1. The van der Waals surface area contributed by atoms with Gasteiger partial charge in [0.05, 0.1) is 4.90 Å². The van der Waals surface area contributed by atoms with Gasteiger partial charge in [0.2, 0.25) is 15.9 Å². The highest BCUT2D eigenvalue weighted by atomic mass is 32.2. The van der Waals surface area contributed by atoms with Gasteiger partial charge in [0, 0.05) is 25.7 Å². The van der Waals surface area contributed by atoms with Crippen LogP contribution in [0.5, 0.6) is 0 Å². The molecule has 0 aliphatic rings. The maximum absolute atomic E-state index is 13.0. The molecule has 128 valence electrons. The lowest BCUT2D eigenvalue weighted by molar-refractivity contribution is -0.116. The van der Waals surface area contributed by atoms with Gasteiger partial charge in [-0.15, -0.1) is 0 Å². The van der Waals surface area contributed by atoms with E-state index in [4.69, 9.17) is 0 Å². The summed E-state index contributed by atoms with van der Waals surface area (Å²) in [6.07, 6.45) is 0. The summed E-state index contributed by atoms with van der Waals surface area (Å²) in [6, 6.07) is 12.1. The molecule has 7 heteroatoms. The first kappa shape index (κ1) is 18.1. The number of hydrogen-bond acceptors (Lipinski definition) is 3. The second-order valence-corrected chi connectivity index (χ2v) is 7.05. The number of aryl methyl sites for hydroxylation is 1. The fourth-order valence-electron chi connectivity index (χ4n) is 2.32. The second kappa shape index (κ2) is 7.55. The number of hydrogen-bond donors (Lipinski definition) is 1. The predicted octanol–water partition coefficient (Wildman–Crippen LogP) is 2.47. The Bertz CT molecular complexity index is 820. The van der Waals surface area contributed by atoms with E-state index in [1.807, 2.05) is 0 Å². The molecule has 0 aliphatic carbocycles. The zero-order chi connectivity index (χ0) is 17.7. The Hall–Kier alpha value is -2.25. The Morgan fingerprint density at radius 2 is 1.75 bits per heavy atom. The summed E-state index contributed by atoms with van der Waals surface area (Å²) in [4.78, 5) is 13.4. The molecule has 1 N–H and O–H groups in total. The summed E-state index contributed by atoms with van der Waals surface area (Å²) in [5.41, 5.74) is 1.16. The number of nitrogens with one attached hydrogen (secondary N) is 1. The molecule has 0 saturated heterocycles. The van der Waals surface area contributed by atoms with E-state index in [1.54, 1.807) is 25.1 Å². The van der Waals surface area contributed by atoms with Crippen LogP contribution in [0.2, 0.25) is 0 Å². The Kier molecular flexibility index (Phi) is 5.69. The minimum absolute atomic E-state index is 0.0492. The molecule has 2 aromatic rings. The minimum Gasteiger partial charge on any atom is -0.311 e. The van der Waals surface area contributed by atoms with Crippen molar-refractivity contribution in [1.29, 1.82) is 0 Å². The van der Waals surface area contributed by atoms with Crippen LogP contribution < -0.4 is 9.62 Å². The number of amides is 1. The third kappa shape index (κ3) is 4.39. The molecule has 2 rings (SSSR count). The average Bonchev–Trinajstić information content (AvgIpc) is 2.52. The van der Waals surface area contributed by atoms with Gasteiger partial charge in [0.25, 0.3) is 0 Å². The van der Waals surface area contributed by atoms with Crippen molar-refractivity contribution in [3.63, 3.8) is 0 Å². The molecule has 0 aromatic heterocycles. The molecule has 0 heterocycles. The summed E-state index contributed by atoms with van der Waals surface area (Å²) in [5.74, 6) is -0.654. The lowest BCUT2D eigenvalue weighted by Crippen LogP contribution is -2.37. The van der Waals surface area contributed by atoms with E-state index >= 15 is 0 Å². The SMILES string of the molecule is CC(=O)N(CCNS(=O)(=O)c1ccccc1C)c1ccc(F)cc1. The first-order valence-electron chi connectivity index (χ1n) is 7.40. The average molecular weight is 350 g/mol. The van der Waals surface area contributed by atoms with Crippen LogP contribution in [0.1, 0.15) is 12.5 Å². The highest BCUT2D eigenvalue weighted by molar-refractivity contribution is 7.89. The van der Waals surface area contributed by atoms with Crippen molar-refractivity contribution in [2.24, 2.45) is 0 Å².